The molecule has 194 valence electrons. The number of aromatic nitrogens is 2. The molecule has 6 rings (SSSR count). The molecule has 1 aliphatic carbocycles. The summed E-state index contributed by atoms with van der Waals surface area (Å²) in [6, 6.07) is 5.91. The van der Waals surface area contributed by atoms with Crippen LogP contribution in [0.25, 0.3) is 21.5 Å². The highest BCUT2D eigenvalue weighted by molar-refractivity contribution is 7.19. The van der Waals surface area contributed by atoms with Crippen LogP contribution in [0.4, 0.5) is 0 Å². The number of amides is 2. The van der Waals surface area contributed by atoms with Crippen LogP contribution >= 0.6 is 22.9 Å². The molecule has 3 aliphatic rings. The Morgan fingerprint density at radius 3 is 2.57 bits per heavy atom. The predicted octanol–water partition coefficient (Wildman–Crippen LogP) is 5.54. The van der Waals surface area contributed by atoms with Crippen molar-refractivity contribution in [1.82, 2.24) is 20.2 Å². The van der Waals surface area contributed by atoms with Gasteiger partial charge in [-0.05, 0) is 62.8 Å². The summed E-state index contributed by atoms with van der Waals surface area (Å²) in [6.07, 6.45) is 3.65. The third-order valence-electron chi connectivity index (χ3n) is 8.36. The van der Waals surface area contributed by atoms with Crippen molar-refractivity contribution in [3.05, 3.63) is 40.0 Å². The summed E-state index contributed by atoms with van der Waals surface area (Å²) in [5.74, 6) is 0.263. The predicted molar refractivity (Wildman–Crippen MR) is 145 cm³/mol. The number of carbonyl (C=O) groups is 2. The Balaban J connectivity index is 1.37. The fourth-order valence-electron chi connectivity index (χ4n) is 6.05. The number of nitrogens with zero attached hydrogens (tertiary/aromatic N) is 3. The molecule has 1 N–H and O–H groups in total. The van der Waals surface area contributed by atoms with Crippen LogP contribution in [0.3, 0.4) is 0 Å². The topological polar surface area (TPSA) is 84.4 Å². The smallest absolute Gasteiger partial charge is 0.234 e. The first-order valence-electron chi connectivity index (χ1n) is 12.9. The highest BCUT2D eigenvalue weighted by atomic mass is 35.5. The molecule has 0 spiro atoms. The van der Waals surface area contributed by atoms with Crippen LogP contribution < -0.4 is 10.1 Å². The maximum Gasteiger partial charge on any atom is 0.234 e. The molecule has 5 atom stereocenters. The molecular weight excluding hydrogens is 508 g/mol. The van der Waals surface area contributed by atoms with Gasteiger partial charge < -0.3 is 10.1 Å². The van der Waals surface area contributed by atoms with Gasteiger partial charge in [-0.2, -0.15) is 0 Å². The first-order chi connectivity index (χ1) is 17.6. The van der Waals surface area contributed by atoms with Crippen LogP contribution in [0.2, 0.25) is 5.02 Å². The van der Waals surface area contributed by atoms with E-state index in [1.54, 1.807) is 6.33 Å². The number of ether oxygens (including phenoxy) is 1. The highest BCUT2D eigenvalue weighted by Crippen LogP contribution is 2.64. The van der Waals surface area contributed by atoms with E-state index < -0.39 is 0 Å². The van der Waals surface area contributed by atoms with Gasteiger partial charge in [-0.25, -0.2) is 9.97 Å². The number of piperidine rings is 2. The van der Waals surface area contributed by atoms with Crippen LogP contribution in [0.15, 0.2) is 24.5 Å². The zero-order valence-corrected chi connectivity index (χ0v) is 23.2. The number of hydrogen-bond donors (Lipinski definition) is 1. The van der Waals surface area contributed by atoms with Gasteiger partial charge in [0.1, 0.15) is 18.2 Å². The molecule has 9 heteroatoms. The second-order valence-corrected chi connectivity index (χ2v) is 12.8. The molecule has 2 aromatic heterocycles. The van der Waals surface area contributed by atoms with Crippen LogP contribution in [0, 0.1) is 24.2 Å². The number of rotatable bonds is 5. The summed E-state index contributed by atoms with van der Waals surface area (Å²) in [5.41, 5.74) is 3.07. The Kier molecular flexibility index (Phi) is 5.86. The highest BCUT2D eigenvalue weighted by Gasteiger charge is 2.73. The Morgan fingerprint density at radius 2 is 1.89 bits per heavy atom. The second-order valence-electron chi connectivity index (χ2n) is 11.3. The van der Waals surface area contributed by atoms with E-state index in [1.165, 1.54) is 16.2 Å². The lowest BCUT2D eigenvalue weighted by atomic mass is 10.0. The molecule has 5 unspecified atom stereocenters. The van der Waals surface area contributed by atoms with E-state index in [2.05, 4.69) is 22.2 Å². The number of fused-ring (bicyclic) bond motifs is 2. The maximum atomic E-state index is 13.1. The van der Waals surface area contributed by atoms with Crippen molar-refractivity contribution in [2.45, 2.75) is 65.6 Å². The number of nitrogens with one attached hydrogen (secondary N) is 1. The van der Waals surface area contributed by atoms with Gasteiger partial charge in [0.05, 0.1) is 33.8 Å². The lowest BCUT2D eigenvalue weighted by Crippen LogP contribution is -2.42. The number of imide groups is 1. The third kappa shape index (κ3) is 3.96. The molecule has 37 heavy (non-hydrogen) atoms. The zero-order chi connectivity index (χ0) is 26.2. The number of aryl methyl sites for hydroxylation is 1. The van der Waals surface area contributed by atoms with Crippen molar-refractivity contribution in [1.29, 1.82) is 0 Å². The summed E-state index contributed by atoms with van der Waals surface area (Å²) in [7, 11) is 0. The molecule has 3 aromatic rings. The van der Waals surface area contributed by atoms with Gasteiger partial charge in [0.2, 0.25) is 11.8 Å². The first-order valence-corrected chi connectivity index (χ1v) is 14.1. The van der Waals surface area contributed by atoms with Crippen LogP contribution in [0.1, 0.15) is 57.0 Å². The molecule has 7 nitrogen and oxygen atoms in total. The SMILES string of the molecule is Cc1cc(Cl)cc(-c2ncnc3cc(C(C)N4C(=O)C5C(C4=O)C5(C)C)sc23)c1OC1CCC(C)NC1. The van der Waals surface area contributed by atoms with E-state index >= 15 is 0 Å². The standard InChI is InChI=1S/C28H31ClN4O3S/c1-13-8-16(29)9-18(24(13)36-17-7-6-14(2)30-11-17)23-25-19(31-12-32-23)10-20(37-25)15(3)33-26(34)21-22(27(33)35)28(21,4)5/h8-10,12,14-15,17,21-22,30H,6-7,11H2,1-5H3. The Hall–Kier alpha value is -2.55. The van der Waals surface area contributed by atoms with Crippen molar-refractivity contribution in [2.75, 3.05) is 6.54 Å². The first kappa shape index (κ1) is 24.8. The van der Waals surface area contributed by atoms with Crippen LogP contribution in [-0.2, 0) is 9.59 Å². The molecule has 2 amide bonds. The van der Waals surface area contributed by atoms with Gasteiger partial charge in [0.15, 0.2) is 0 Å². The lowest BCUT2D eigenvalue weighted by molar-refractivity contribution is -0.145. The summed E-state index contributed by atoms with van der Waals surface area (Å²) >= 11 is 8.03. The zero-order valence-electron chi connectivity index (χ0n) is 21.7. The van der Waals surface area contributed by atoms with Gasteiger partial charge in [0, 0.05) is 28.0 Å². The molecule has 2 saturated heterocycles. The molecule has 0 bridgehead atoms. The number of carbonyl (C=O) groups excluding carboxylic acids is 2. The monoisotopic (exact) mass is 538 g/mol. The van der Waals surface area contributed by atoms with Gasteiger partial charge in [0.25, 0.3) is 0 Å². The van der Waals surface area contributed by atoms with E-state index in [0.717, 1.165) is 57.1 Å². The van der Waals surface area contributed by atoms with E-state index in [0.29, 0.717) is 11.1 Å². The van der Waals surface area contributed by atoms with Crippen molar-refractivity contribution in [3.63, 3.8) is 0 Å². The van der Waals surface area contributed by atoms with Crippen molar-refractivity contribution >= 4 is 45.0 Å². The Labute approximate surface area is 225 Å². The Bertz CT molecular complexity index is 1400. The number of thiophene rings is 1. The quantitative estimate of drug-likeness (QED) is 0.429. The fraction of sp³-hybridized carbons (Fsp3) is 0.500. The van der Waals surface area contributed by atoms with Crippen molar-refractivity contribution < 1.29 is 14.3 Å². The number of halogens is 1. The normalized spacial score (nSPS) is 27.5. The van der Waals surface area contributed by atoms with Gasteiger partial charge in [-0.3, -0.25) is 14.5 Å². The number of hydrogen-bond acceptors (Lipinski definition) is 7. The summed E-state index contributed by atoms with van der Waals surface area (Å²) in [6.45, 7) is 10.9. The van der Waals surface area contributed by atoms with Gasteiger partial charge >= 0.3 is 0 Å². The average Bonchev–Trinajstić information content (AvgIpc) is 3.11. The average molecular weight is 539 g/mol. The van der Waals surface area contributed by atoms with Crippen LogP contribution in [-0.4, -0.2) is 45.4 Å². The number of likely N-dealkylation sites (tertiary alicyclic amines) is 1. The summed E-state index contributed by atoms with van der Waals surface area (Å²) in [5, 5.41) is 4.11. The van der Waals surface area contributed by atoms with E-state index in [1.807, 2.05) is 45.9 Å². The summed E-state index contributed by atoms with van der Waals surface area (Å²) in [4.78, 5) is 37.7. The molecule has 3 fully saturated rings. The molecule has 1 aromatic carbocycles. The van der Waals surface area contributed by atoms with E-state index in [-0.39, 0.29) is 41.2 Å². The minimum atomic E-state index is -0.359. The van der Waals surface area contributed by atoms with E-state index in [4.69, 9.17) is 16.3 Å². The summed E-state index contributed by atoms with van der Waals surface area (Å²) < 4.78 is 7.43. The van der Waals surface area contributed by atoms with Crippen molar-refractivity contribution in [2.24, 2.45) is 17.3 Å². The second kappa shape index (κ2) is 8.75. The molecule has 4 heterocycles. The molecular formula is C28H31ClN4O3S. The van der Waals surface area contributed by atoms with Crippen molar-refractivity contribution in [3.8, 4) is 17.0 Å². The third-order valence-corrected chi connectivity index (χ3v) is 9.88. The largest absolute Gasteiger partial charge is 0.488 e. The Morgan fingerprint density at radius 1 is 1.16 bits per heavy atom. The fourth-order valence-corrected chi connectivity index (χ4v) is 7.48. The number of benzene rings is 1. The lowest BCUT2D eigenvalue weighted by Gasteiger charge is -2.29. The van der Waals surface area contributed by atoms with E-state index in [9.17, 15) is 9.59 Å². The molecule has 1 saturated carbocycles. The maximum absolute atomic E-state index is 13.1. The van der Waals surface area contributed by atoms with Gasteiger partial charge in [-0.1, -0.05) is 25.4 Å². The minimum absolute atomic E-state index is 0.0622. The van der Waals surface area contributed by atoms with Crippen LogP contribution in [0.5, 0.6) is 5.75 Å². The molecule has 0 radical (unpaired) electrons. The minimum Gasteiger partial charge on any atom is -0.488 e. The molecule has 2 aliphatic heterocycles. The van der Waals surface area contributed by atoms with Gasteiger partial charge in [-0.15, -0.1) is 11.3 Å².